The maximum absolute atomic E-state index is 12.3. The first-order chi connectivity index (χ1) is 8.90. The number of likely N-dealkylation sites (N-methyl/N-ethyl adjacent to an activating group) is 1. The van der Waals surface area contributed by atoms with Crippen molar-refractivity contribution in [1.29, 1.82) is 0 Å². The van der Waals surface area contributed by atoms with Crippen LogP contribution in [-0.4, -0.2) is 66.9 Å². The van der Waals surface area contributed by atoms with Gasteiger partial charge >= 0.3 is 0 Å². The molecule has 3 N–H and O–H groups in total. The summed E-state index contributed by atoms with van der Waals surface area (Å²) in [5.74, 6) is 0.0309. The van der Waals surface area contributed by atoms with E-state index in [0.29, 0.717) is 26.1 Å². The smallest absolute Gasteiger partial charge is 0.242 e. The zero-order valence-electron chi connectivity index (χ0n) is 12.2. The van der Waals surface area contributed by atoms with E-state index in [9.17, 15) is 9.59 Å². The van der Waals surface area contributed by atoms with Crippen LogP contribution < -0.4 is 11.1 Å². The van der Waals surface area contributed by atoms with Crippen LogP contribution in [0.4, 0.5) is 0 Å². The van der Waals surface area contributed by atoms with E-state index in [1.54, 1.807) is 14.0 Å². The molecular weight excluding hydrogens is 244 g/mol. The number of amides is 2. The topological polar surface area (TPSA) is 78.7 Å². The van der Waals surface area contributed by atoms with E-state index in [1.165, 1.54) is 0 Å². The van der Waals surface area contributed by atoms with Crippen LogP contribution in [-0.2, 0) is 9.59 Å². The lowest BCUT2D eigenvalue weighted by molar-refractivity contribution is -0.138. The first-order valence-electron chi connectivity index (χ1n) is 6.92. The lowest BCUT2D eigenvalue weighted by atomic mass is 9.95. The molecule has 0 aromatic carbocycles. The van der Waals surface area contributed by atoms with E-state index in [-0.39, 0.29) is 11.8 Å². The van der Waals surface area contributed by atoms with Crippen LogP contribution in [0, 0.1) is 0 Å². The summed E-state index contributed by atoms with van der Waals surface area (Å²) in [6.45, 7) is 6.96. The predicted octanol–water partition coefficient (Wildman–Crippen LogP) is -0.606. The summed E-state index contributed by atoms with van der Waals surface area (Å²) >= 11 is 0. The zero-order chi connectivity index (χ0) is 14.5. The zero-order valence-corrected chi connectivity index (χ0v) is 12.2. The molecule has 1 saturated heterocycles. The second kappa shape index (κ2) is 6.86. The molecule has 6 heteroatoms. The highest BCUT2D eigenvalue weighted by Gasteiger charge is 2.33. The number of hydrogen-bond donors (Lipinski definition) is 2. The van der Waals surface area contributed by atoms with Gasteiger partial charge in [0.05, 0.1) is 12.1 Å². The Balaban J connectivity index is 2.45. The molecule has 0 spiro atoms. The van der Waals surface area contributed by atoms with Crippen LogP contribution in [0.25, 0.3) is 0 Å². The van der Waals surface area contributed by atoms with Gasteiger partial charge in [-0.2, -0.15) is 0 Å². The lowest BCUT2D eigenvalue weighted by Gasteiger charge is -2.38. The van der Waals surface area contributed by atoms with Gasteiger partial charge in [0.25, 0.3) is 0 Å². The number of rotatable bonds is 5. The molecule has 0 aliphatic carbocycles. The van der Waals surface area contributed by atoms with Crippen molar-refractivity contribution in [3.63, 3.8) is 0 Å². The summed E-state index contributed by atoms with van der Waals surface area (Å²) in [6.07, 6.45) is 1.60. The van der Waals surface area contributed by atoms with E-state index in [1.807, 2.05) is 11.8 Å². The Labute approximate surface area is 115 Å². The molecule has 1 atom stereocenters. The minimum Gasteiger partial charge on any atom is -0.358 e. The number of nitrogens with one attached hydrogen (secondary N) is 1. The molecule has 19 heavy (non-hydrogen) atoms. The fraction of sp³-hybridized carbons (Fsp3) is 0.846. The summed E-state index contributed by atoms with van der Waals surface area (Å²) in [7, 11) is 1.63. The van der Waals surface area contributed by atoms with Crippen molar-refractivity contribution in [3.8, 4) is 0 Å². The van der Waals surface area contributed by atoms with Gasteiger partial charge in [-0.15, -0.1) is 0 Å². The Morgan fingerprint density at radius 1 is 1.26 bits per heavy atom. The molecule has 1 heterocycles. The quantitative estimate of drug-likeness (QED) is 0.699. The molecule has 6 nitrogen and oxygen atoms in total. The van der Waals surface area contributed by atoms with Gasteiger partial charge in [-0.1, -0.05) is 13.3 Å². The highest BCUT2D eigenvalue weighted by Crippen LogP contribution is 2.14. The largest absolute Gasteiger partial charge is 0.358 e. The normalized spacial score (nSPS) is 19.9. The third-order valence-electron chi connectivity index (χ3n) is 3.56. The van der Waals surface area contributed by atoms with Crippen LogP contribution in [0.15, 0.2) is 0 Å². The van der Waals surface area contributed by atoms with Crippen LogP contribution in [0.5, 0.6) is 0 Å². The average molecular weight is 270 g/mol. The third kappa shape index (κ3) is 4.47. The average Bonchev–Trinajstić information content (AvgIpc) is 2.38. The highest BCUT2D eigenvalue weighted by molar-refractivity contribution is 5.85. The van der Waals surface area contributed by atoms with Crippen LogP contribution in [0.1, 0.15) is 26.7 Å². The summed E-state index contributed by atoms with van der Waals surface area (Å²) in [6, 6.07) is 0. The molecule has 0 aromatic rings. The van der Waals surface area contributed by atoms with Crippen molar-refractivity contribution >= 4 is 11.8 Å². The Kier molecular flexibility index (Phi) is 5.75. The van der Waals surface area contributed by atoms with E-state index >= 15 is 0 Å². The minimum atomic E-state index is -0.766. The standard InChI is InChI=1S/C13H26N4O2/c1-4-5-13(2,14)12(19)17-8-6-16(7-9-17)10-11(18)15-3/h4-10,14H2,1-3H3,(H,15,18). The Bertz CT molecular complexity index is 323. The van der Waals surface area contributed by atoms with Crippen molar-refractivity contribution < 1.29 is 9.59 Å². The van der Waals surface area contributed by atoms with Gasteiger partial charge in [0.1, 0.15) is 0 Å². The van der Waals surface area contributed by atoms with Gasteiger partial charge in [-0.25, -0.2) is 0 Å². The van der Waals surface area contributed by atoms with E-state index in [4.69, 9.17) is 5.73 Å². The van der Waals surface area contributed by atoms with E-state index in [0.717, 1.165) is 19.5 Å². The Morgan fingerprint density at radius 2 is 1.84 bits per heavy atom. The summed E-state index contributed by atoms with van der Waals surface area (Å²) < 4.78 is 0. The monoisotopic (exact) mass is 270 g/mol. The number of nitrogens with zero attached hydrogens (tertiary/aromatic N) is 2. The molecule has 1 unspecified atom stereocenters. The van der Waals surface area contributed by atoms with Gasteiger partial charge in [0, 0.05) is 33.2 Å². The SMILES string of the molecule is CCCC(C)(N)C(=O)N1CCN(CC(=O)NC)CC1. The number of carbonyl (C=O) groups excluding carboxylic acids is 2. The molecule has 0 aromatic heterocycles. The number of hydrogen-bond acceptors (Lipinski definition) is 4. The second-order valence-electron chi connectivity index (χ2n) is 5.41. The predicted molar refractivity (Wildman–Crippen MR) is 74.6 cm³/mol. The molecule has 110 valence electrons. The lowest BCUT2D eigenvalue weighted by Crippen LogP contribution is -2.58. The number of carbonyl (C=O) groups is 2. The molecule has 0 saturated carbocycles. The van der Waals surface area contributed by atoms with Gasteiger partial charge < -0.3 is 16.0 Å². The van der Waals surface area contributed by atoms with E-state index in [2.05, 4.69) is 10.2 Å². The summed E-state index contributed by atoms with van der Waals surface area (Å²) in [5.41, 5.74) is 5.30. The van der Waals surface area contributed by atoms with Crippen LogP contribution in [0.3, 0.4) is 0 Å². The molecule has 1 aliphatic heterocycles. The molecule has 1 rings (SSSR count). The van der Waals surface area contributed by atoms with Gasteiger partial charge in [-0.3, -0.25) is 14.5 Å². The molecule has 1 aliphatic rings. The fourth-order valence-corrected chi connectivity index (χ4v) is 2.38. The van der Waals surface area contributed by atoms with E-state index < -0.39 is 5.54 Å². The third-order valence-corrected chi connectivity index (χ3v) is 3.56. The maximum atomic E-state index is 12.3. The molecule has 0 bridgehead atoms. The maximum Gasteiger partial charge on any atom is 0.242 e. The van der Waals surface area contributed by atoms with Crippen molar-refractivity contribution in [1.82, 2.24) is 15.1 Å². The van der Waals surface area contributed by atoms with Gasteiger partial charge in [0.15, 0.2) is 0 Å². The summed E-state index contributed by atoms with van der Waals surface area (Å²) in [4.78, 5) is 27.5. The Morgan fingerprint density at radius 3 is 2.32 bits per heavy atom. The minimum absolute atomic E-state index is 0.00872. The van der Waals surface area contributed by atoms with Crippen LogP contribution in [0.2, 0.25) is 0 Å². The molecule has 0 radical (unpaired) electrons. The first-order valence-corrected chi connectivity index (χ1v) is 6.92. The first kappa shape index (κ1) is 15.9. The van der Waals surface area contributed by atoms with Crippen molar-refractivity contribution in [2.75, 3.05) is 39.8 Å². The van der Waals surface area contributed by atoms with Gasteiger partial charge in [-0.05, 0) is 13.3 Å². The number of nitrogens with two attached hydrogens (primary N) is 1. The van der Waals surface area contributed by atoms with Crippen molar-refractivity contribution in [2.24, 2.45) is 5.73 Å². The fourth-order valence-electron chi connectivity index (χ4n) is 2.38. The van der Waals surface area contributed by atoms with Crippen LogP contribution >= 0.6 is 0 Å². The molecular formula is C13H26N4O2. The summed E-state index contributed by atoms with van der Waals surface area (Å²) in [5, 5.41) is 2.61. The van der Waals surface area contributed by atoms with Gasteiger partial charge in [0.2, 0.25) is 11.8 Å². The number of piperazine rings is 1. The van der Waals surface area contributed by atoms with Crippen molar-refractivity contribution in [2.45, 2.75) is 32.2 Å². The van der Waals surface area contributed by atoms with Crippen molar-refractivity contribution in [3.05, 3.63) is 0 Å². The Hall–Kier alpha value is -1.14. The highest BCUT2D eigenvalue weighted by atomic mass is 16.2. The second-order valence-corrected chi connectivity index (χ2v) is 5.41. The molecule has 2 amide bonds. The molecule has 1 fully saturated rings.